The highest BCUT2D eigenvalue weighted by Crippen LogP contribution is 2.33. The average Bonchev–Trinajstić information content (AvgIpc) is 3.50. The van der Waals surface area contributed by atoms with E-state index >= 15 is 0 Å². The summed E-state index contributed by atoms with van der Waals surface area (Å²) in [7, 11) is 3.76. The van der Waals surface area contributed by atoms with Gasteiger partial charge in [0.25, 0.3) is 0 Å². The van der Waals surface area contributed by atoms with Crippen molar-refractivity contribution in [2.24, 2.45) is 0 Å². The zero-order valence-corrected chi connectivity index (χ0v) is 28.1. The molecular formula is C35H46ClN7O3. The maximum atomic E-state index is 11.5. The molecule has 4 aromatic rings. The summed E-state index contributed by atoms with van der Waals surface area (Å²) < 4.78 is 11.0. The molecule has 0 amide bonds. The number of anilines is 2. The number of likely N-dealkylation sites (N-methyl/N-ethyl adjacent to an activating group) is 1. The van der Waals surface area contributed by atoms with Gasteiger partial charge in [0.15, 0.2) is 5.65 Å². The third-order valence-electron chi connectivity index (χ3n) is 8.45. The molecule has 1 fully saturated rings. The predicted molar refractivity (Wildman–Crippen MR) is 186 cm³/mol. The third-order valence-corrected chi connectivity index (χ3v) is 8.74. The normalized spacial score (nSPS) is 14.3. The van der Waals surface area contributed by atoms with Crippen molar-refractivity contribution in [3.63, 3.8) is 0 Å². The number of hydrogen-bond donors (Lipinski definition) is 2. The molecule has 0 unspecified atom stereocenters. The van der Waals surface area contributed by atoms with Gasteiger partial charge in [0.05, 0.1) is 43.3 Å². The second-order valence-corrected chi connectivity index (χ2v) is 12.6. The van der Waals surface area contributed by atoms with E-state index in [0.29, 0.717) is 29.9 Å². The number of nitrogens with zero attached hydrogens (tertiary/aromatic N) is 5. The Hall–Kier alpha value is -3.70. The van der Waals surface area contributed by atoms with E-state index < -0.39 is 0 Å². The Labute approximate surface area is 277 Å². The van der Waals surface area contributed by atoms with Crippen LogP contribution in [0.25, 0.3) is 22.6 Å². The number of carbonyl (C=O) groups excluding carboxylic acids is 1. The van der Waals surface area contributed by atoms with Gasteiger partial charge in [-0.3, -0.25) is 4.90 Å². The van der Waals surface area contributed by atoms with Crippen LogP contribution in [0, 0.1) is 0 Å². The number of aromatic nitrogens is 3. The van der Waals surface area contributed by atoms with Crippen LogP contribution in [0.3, 0.4) is 0 Å². The summed E-state index contributed by atoms with van der Waals surface area (Å²) in [5, 5.41) is 4.27. The van der Waals surface area contributed by atoms with Crippen molar-refractivity contribution in [1.29, 1.82) is 0 Å². The number of carbonyl (C=O) groups is 1. The molecule has 0 spiro atoms. The van der Waals surface area contributed by atoms with Gasteiger partial charge < -0.3 is 34.4 Å². The van der Waals surface area contributed by atoms with E-state index in [4.69, 9.17) is 26.1 Å². The molecule has 0 saturated carbocycles. The zero-order valence-electron chi connectivity index (χ0n) is 27.3. The lowest BCUT2D eigenvalue weighted by atomic mass is 10.0. The number of fused-ring (bicyclic) bond motifs is 1. The number of likely N-dealkylation sites (tertiary alicyclic amines) is 1. The van der Waals surface area contributed by atoms with Crippen molar-refractivity contribution < 1.29 is 14.3 Å². The Morgan fingerprint density at radius 2 is 1.83 bits per heavy atom. The van der Waals surface area contributed by atoms with Crippen LogP contribution in [-0.4, -0.2) is 103 Å². The summed E-state index contributed by atoms with van der Waals surface area (Å²) >= 11 is 6.68. The van der Waals surface area contributed by atoms with E-state index in [1.165, 1.54) is 5.56 Å². The molecule has 2 aromatic carbocycles. The Morgan fingerprint density at radius 3 is 2.50 bits per heavy atom. The van der Waals surface area contributed by atoms with Gasteiger partial charge in [-0.1, -0.05) is 23.7 Å². The first kappa shape index (κ1) is 33.7. The second-order valence-electron chi connectivity index (χ2n) is 12.2. The Bertz CT molecular complexity index is 1540. The average molecular weight is 648 g/mol. The summed E-state index contributed by atoms with van der Waals surface area (Å²) in [4.78, 5) is 31.0. The van der Waals surface area contributed by atoms with E-state index in [-0.39, 0.29) is 6.10 Å². The fourth-order valence-electron chi connectivity index (χ4n) is 5.73. The molecule has 1 aliphatic rings. The molecule has 1 aliphatic heterocycles. The number of pyridine rings is 1. The van der Waals surface area contributed by atoms with E-state index in [2.05, 4.69) is 49.2 Å². The number of ether oxygens (including phenoxy) is 2. The molecule has 0 radical (unpaired) electrons. The van der Waals surface area contributed by atoms with Crippen LogP contribution in [0.4, 0.5) is 11.4 Å². The third kappa shape index (κ3) is 8.97. The Kier molecular flexibility index (Phi) is 11.9. The topological polar surface area (TPSA) is 98.8 Å². The number of hydrogen-bond acceptors (Lipinski definition) is 9. The number of methoxy groups -OCH3 is 1. The van der Waals surface area contributed by atoms with Gasteiger partial charge in [0.2, 0.25) is 0 Å². The zero-order chi connectivity index (χ0) is 32.5. The number of rotatable bonds is 16. The molecule has 0 aliphatic carbocycles. The molecule has 11 heteroatoms. The van der Waals surface area contributed by atoms with Gasteiger partial charge in [-0.2, -0.15) is 0 Å². The Morgan fingerprint density at radius 1 is 1.09 bits per heavy atom. The second kappa shape index (κ2) is 16.2. The maximum Gasteiger partial charge on any atom is 0.180 e. The van der Waals surface area contributed by atoms with Crippen LogP contribution < -0.4 is 15.0 Å². The standard InChI is InChI=1S/C35H46ClN7O3/c1-25(2)46-22-20-41(3)17-18-43(19-21-44)29-9-7-27(8-10-29)34-39-33-32(31(36)23-37-35(33)40-34)38-28-13-15-42(16-14-28)24-26-5-11-30(45-4)12-6-26/h5-12,21,23,25,28H,13-20,22,24H2,1-4H3,(H2,37,38,39,40). The highest BCUT2D eigenvalue weighted by molar-refractivity contribution is 6.34. The van der Waals surface area contributed by atoms with E-state index in [1.54, 1.807) is 13.3 Å². The van der Waals surface area contributed by atoms with E-state index in [9.17, 15) is 4.79 Å². The maximum absolute atomic E-state index is 11.5. The minimum absolute atomic E-state index is 0.223. The molecule has 5 rings (SSSR count). The number of aromatic amines is 1. The minimum Gasteiger partial charge on any atom is -0.497 e. The first-order valence-corrected chi connectivity index (χ1v) is 16.5. The number of nitrogens with one attached hydrogen (secondary N) is 2. The Balaban J connectivity index is 1.20. The van der Waals surface area contributed by atoms with Gasteiger partial charge in [-0.15, -0.1) is 0 Å². The SMILES string of the molecule is COc1ccc(CN2CCC(Nc3c(Cl)cnc4nc(-c5ccc(N(CC=O)CCN(C)CCOC(C)C)cc5)[nH]c34)CC2)cc1. The van der Waals surface area contributed by atoms with Gasteiger partial charge in [0, 0.05) is 56.6 Å². The molecule has 2 aromatic heterocycles. The van der Waals surface area contributed by atoms with Gasteiger partial charge in [-0.25, -0.2) is 9.97 Å². The van der Waals surface area contributed by atoms with Crippen molar-refractivity contribution in [3.8, 4) is 17.1 Å². The lowest BCUT2D eigenvalue weighted by Crippen LogP contribution is -2.38. The summed E-state index contributed by atoms with van der Waals surface area (Å²) in [6.07, 6.45) is 4.86. The number of imidazole rings is 1. The quantitative estimate of drug-likeness (QED) is 0.148. The first-order valence-electron chi connectivity index (χ1n) is 16.1. The molecule has 10 nitrogen and oxygen atoms in total. The molecule has 2 N–H and O–H groups in total. The summed E-state index contributed by atoms with van der Waals surface area (Å²) in [6.45, 7) is 10.4. The molecular weight excluding hydrogens is 602 g/mol. The van der Waals surface area contributed by atoms with Crippen LogP contribution in [0.2, 0.25) is 5.02 Å². The number of aldehydes is 1. The first-order chi connectivity index (χ1) is 22.3. The minimum atomic E-state index is 0.223. The fraction of sp³-hybridized carbons (Fsp3) is 0.457. The number of piperidine rings is 1. The van der Waals surface area contributed by atoms with Crippen molar-refractivity contribution in [1.82, 2.24) is 24.8 Å². The molecule has 0 atom stereocenters. The van der Waals surface area contributed by atoms with Crippen LogP contribution in [0.5, 0.6) is 5.75 Å². The van der Waals surface area contributed by atoms with E-state index in [1.807, 2.05) is 50.2 Å². The van der Waals surface area contributed by atoms with Crippen molar-refractivity contribution in [2.75, 3.05) is 70.2 Å². The van der Waals surface area contributed by atoms with Crippen molar-refractivity contribution >= 4 is 40.4 Å². The van der Waals surface area contributed by atoms with Crippen LogP contribution in [0.15, 0.2) is 54.7 Å². The van der Waals surface area contributed by atoms with Gasteiger partial charge in [0.1, 0.15) is 23.4 Å². The summed E-state index contributed by atoms with van der Waals surface area (Å²) in [5.74, 6) is 1.60. The molecule has 0 bridgehead atoms. The largest absolute Gasteiger partial charge is 0.497 e. The predicted octanol–water partition coefficient (Wildman–Crippen LogP) is 5.73. The molecule has 246 valence electrons. The highest BCUT2D eigenvalue weighted by Gasteiger charge is 2.22. The van der Waals surface area contributed by atoms with E-state index in [0.717, 1.165) is 92.4 Å². The smallest absolute Gasteiger partial charge is 0.180 e. The molecule has 1 saturated heterocycles. The van der Waals surface area contributed by atoms with Crippen LogP contribution in [-0.2, 0) is 16.1 Å². The van der Waals surface area contributed by atoms with Crippen molar-refractivity contribution in [3.05, 3.63) is 65.3 Å². The monoisotopic (exact) mass is 647 g/mol. The molecule has 3 heterocycles. The lowest BCUT2D eigenvalue weighted by molar-refractivity contribution is -0.106. The highest BCUT2D eigenvalue weighted by atomic mass is 35.5. The van der Waals surface area contributed by atoms with Crippen LogP contribution in [0.1, 0.15) is 32.3 Å². The summed E-state index contributed by atoms with van der Waals surface area (Å²) in [5.41, 5.74) is 5.48. The number of halogens is 1. The van der Waals surface area contributed by atoms with Gasteiger partial charge in [-0.05, 0) is 75.7 Å². The number of benzene rings is 2. The fourth-order valence-corrected chi connectivity index (χ4v) is 5.93. The van der Waals surface area contributed by atoms with Crippen molar-refractivity contribution in [2.45, 2.75) is 45.4 Å². The lowest BCUT2D eigenvalue weighted by Gasteiger charge is -2.33. The van der Waals surface area contributed by atoms with Crippen LogP contribution >= 0.6 is 11.6 Å². The molecule has 46 heavy (non-hydrogen) atoms. The number of H-pyrrole nitrogens is 1. The van der Waals surface area contributed by atoms with Gasteiger partial charge >= 0.3 is 0 Å². The summed E-state index contributed by atoms with van der Waals surface area (Å²) in [6, 6.07) is 16.7.